The Kier molecular flexibility index (Phi) is 5.62. The molecule has 3 aromatic rings. The fourth-order valence-corrected chi connectivity index (χ4v) is 5.31. The van der Waals surface area contributed by atoms with Crippen LogP contribution in [-0.4, -0.2) is 22.3 Å². The van der Waals surface area contributed by atoms with Crippen molar-refractivity contribution < 1.29 is 9.18 Å². The van der Waals surface area contributed by atoms with E-state index in [9.17, 15) is 9.18 Å². The highest BCUT2D eigenvalue weighted by atomic mass is 79.9. The zero-order chi connectivity index (χ0) is 22.4. The number of carbonyl (C=O) groups is 1. The highest BCUT2D eigenvalue weighted by Crippen LogP contribution is 2.46. The molecule has 1 atom stereocenters. The van der Waals surface area contributed by atoms with Crippen LogP contribution in [0, 0.1) is 25.6 Å². The summed E-state index contributed by atoms with van der Waals surface area (Å²) >= 11 is 3.57. The van der Waals surface area contributed by atoms with Gasteiger partial charge in [-0.05, 0) is 109 Å². The van der Waals surface area contributed by atoms with Gasteiger partial charge in [0, 0.05) is 23.6 Å². The normalized spacial score (nSPS) is 16.8. The summed E-state index contributed by atoms with van der Waals surface area (Å²) in [6.45, 7) is 4.67. The number of alkyl halides is 1. The molecule has 1 fully saturated rings. The Hall–Kier alpha value is -2.53. The summed E-state index contributed by atoms with van der Waals surface area (Å²) in [5.41, 5.74) is 7.96. The molecule has 1 aliphatic heterocycles. The highest BCUT2D eigenvalue weighted by molar-refractivity contribution is 9.08. The van der Waals surface area contributed by atoms with Crippen molar-refractivity contribution in [3.63, 3.8) is 0 Å². The molecule has 5 rings (SSSR count). The van der Waals surface area contributed by atoms with Gasteiger partial charge in [-0.15, -0.1) is 0 Å². The van der Waals surface area contributed by atoms with Gasteiger partial charge in [0.25, 0.3) is 5.91 Å². The van der Waals surface area contributed by atoms with Crippen molar-refractivity contribution in [1.29, 1.82) is 0 Å². The van der Waals surface area contributed by atoms with E-state index in [-0.39, 0.29) is 17.8 Å². The van der Waals surface area contributed by atoms with Gasteiger partial charge in [0.05, 0.1) is 11.7 Å². The fourth-order valence-electron chi connectivity index (χ4n) is 4.98. The van der Waals surface area contributed by atoms with E-state index in [2.05, 4.69) is 40.0 Å². The lowest BCUT2D eigenvalue weighted by Crippen LogP contribution is -2.41. The van der Waals surface area contributed by atoms with Gasteiger partial charge < -0.3 is 4.90 Å². The van der Waals surface area contributed by atoms with Gasteiger partial charge in [-0.3, -0.25) is 9.78 Å². The van der Waals surface area contributed by atoms with Crippen LogP contribution in [-0.2, 0) is 11.8 Å². The van der Waals surface area contributed by atoms with Crippen LogP contribution in [0.15, 0.2) is 48.7 Å². The van der Waals surface area contributed by atoms with E-state index in [1.807, 2.05) is 36.2 Å². The van der Waals surface area contributed by atoms with E-state index in [0.717, 1.165) is 58.3 Å². The Morgan fingerprint density at radius 2 is 1.88 bits per heavy atom. The van der Waals surface area contributed by atoms with Crippen molar-refractivity contribution in [2.24, 2.45) is 5.92 Å². The number of nitrogens with zero attached hydrogens (tertiary/aromatic N) is 2. The van der Waals surface area contributed by atoms with E-state index in [1.165, 1.54) is 11.6 Å². The lowest BCUT2D eigenvalue weighted by Gasteiger charge is -2.36. The Morgan fingerprint density at radius 1 is 1.09 bits per heavy atom. The second-order valence-electron chi connectivity index (χ2n) is 9.05. The minimum absolute atomic E-state index is 0.0270. The zero-order valence-corrected chi connectivity index (χ0v) is 20.0. The molecule has 1 amide bonds. The molecular formula is C27H26BrFN2O. The Balaban J connectivity index is 1.59. The van der Waals surface area contributed by atoms with Gasteiger partial charge in [-0.25, -0.2) is 4.39 Å². The monoisotopic (exact) mass is 492 g/mol. The molecule has 5 heteroatoms. The van der Waals surface area contributed by atoms with Gasteiger partial charge in [-0.1, -0.05) is 22.0 Å². The summed E-state index contributed by atoms with van der Waals surface area (Å²) in [4.78, 5) is 20.6. The Bertz CT molecular complexity index is 1200. The van der Waals surface area contributed by atoms with Crippen LogP contribution in [0.5, 0.6) is 0 Å². The lowest BCUT2D eigenvalue weighted by molar-refractivity contribution is 0.0627. The third kappa shape index (κ3) is 3.88. The maximum absolute atomic E-state index is 13.9. The van der Waals surface area contributed by atoms with Crippen LogP contribution in [0.3, 0.4) is 0 Å². The SMILES string of the molecule is Cc1ccnc([C@@H](C2CC2)N2CCc3c(cc(CBr)cc3-c3ccc(F)cc3C)C2=O)c1. The van der Waals surface area contributed by atoms with Gasteiger partial charge >= 0.3 is 0 Å². The number of hydrogen-bond acceptors (Lipinski definition) is 2. The number of amides is 1. The largest absolute Gasteiger partial charge is 0.329 e. The number of pyridine rings is 1. The summed E-state index contributed by atoms with van der Waals surface area (Å²) in [6.07, 6.45) is 4.91. The van der Waals surface area contributed by atoms with Crippen molar-refractivity contribution >= 4 is 21.8 Å². The third-order valence-electron chi connectivity index (χ3n) is 6.68. The van der Waals surface area contributed by atoms with E-state index < -0.39 is 0 Å². The standard InChI is InChI=1S/C27H26BrFN2O/c1-16-7-9-30-25(11-16)26(19-3-4-19)31-10-8-22-23(21-6-5-20(29)12-17(21)2)13-18(15-28)14-24(22)27(31)32/h5-7,9,11-14,19,26H,3-4,8,10,15H2,1-2H3/t26-/m1/s1. The van der Waals surface area contributed by atoms with E-state index in [4.69, 9.17) is 0 Å². The quantitative estimate of drug-likeness (QED) is 0.378. The van der Waals surface area contributed by atoms with Gasteiger partial charge in [0.2, 0.25) is 0 Å². The number of halogens is 2. The number of aromatic nitrogens is 1. The molecule has 0 saturated heterocycles. The first kappa shape index (κ1) is 21.3. The molecule has 32 heavy (non-hydrogen) atoms. The third-order valence-corrected chi connectivity index (χ3v) is 7.33. The van der Waals surface area contributed by atoms with E-state index in [1.54, 1.807) is 6.07 Å². The topological polar surface area (TPSA) is 33.2 Å². The molecule has 1 aromatic heterocycles. The maximum Gasteiger partial charge on any atom is 0.254 e. The number of aryl methyl sites for hydroxylation is 2. The first-order chi connectivity index (χ1) is 15.5. The van der Waals surface area contributed by atoms with Crippen LogP contribution in [0.2, 0.25) is 0 Å². The van der Waals surface area contributed by atoms with Gasteiger partial charge in [-0.2, -0.15) is 0 Å². The molecule has 2 heterocycles. The number of rotatable bonds is 5. The average molecular weight is 493 g/mol. The van der Waals surface area contributed by atoms with Crippen molar-refractivity contribution in [2.45, 2.75) is 44.5 Å². The predicted molar refractivity (Wildman–Crippen MR) is 128 cm³/mol. The Morgan fingerprint density at radius 3 is 2.56 bits per heavy atom. The molecular weight excluding hydrogens is 467 g/mol. The molecule has 3 nitrogen and oxygen atoms in total. The van der Waals surface area contributed by atoms with Crippen molar-refractivity contribution in [3.05, 3.63) is 88.0 Å². The van der Waals surface area contributed by atoms with Crippen LogP contribution >= 0.6 is 15.9 Å². The molecule has 0 N–H and O–H groups in total. The number of carbonyl (C=O) groups excluding carboxylic acids is 1. The van der Waals surface area contributed by atoms with Crippen LogP contribution < -0.4 is 0 Å². The molecule has 2 aromatic carbocycles. The molecule has 164 valence electrons. The first-order valence-electron chi connectivity index (χ1n) is 11.2. The van der Waals surface area contributed by atoms with Gasteiger partial charge in [0.15, 0.2) is 0 Å². The number of hydrogen-bond donors (Lipinski definition) is 0. The van der Waals surface area contributed by atoms with Crippen LogP contribution in [0.25, 0.3) is 11.1 Å². The van der Waals surface area contributed by atoms with Crippen molar-refractivity contribution in [3.8, 4) is 11.1 Å². The van der Waals surface area contributed by atoms with Crippen LogP contribution in [0.1, 0.15) is 57.2 Å². The number of fused-ring (bicyclic) bond motifs is 1. The summed E-state index contributed by atoms with van der Waals surface area (Å²) in [7, 11) is 0. The lowest BCUT2D eigenvalue weighted by atomic mass is 9.86. The van der Waals surface area contributed by atoms with E-state index >= 15 is 0 Å². The summed E-state index contributed by atoms with van der Waals surface area (Å²) in [5, 5.41) is 0.659. The minimum Gasteiger partial charge on any atom is -0.329 e. The summed E-state index contributed by atoms with van der Waals surface area (Å²) < 4.78 is 13.7. The van der Waals surface area contributed by atoms with Gasteiger partial charge in [0.1, 0.15) is 5.82 Å². The average Bonchev–Trinajstić information content (AvgIpc) is 3.60. The molecule has 0 unspecified atom stereocenters. The van der Waals surface area contributed by atoms with E-state index in [0.29, 0.717) is 17.8 Å². The molecule has 2 aliphatic rings. The molecule has 0 bridgehead atoms. The zero-order valence-electron chi connectivity index (χ0n) is 18.4. The summed E-state index contributed by atoms with van der Waals surface area (Å²) in [6, 6.07) is 13.2. The first-order valence-corrected chi connectivity index (χ1v) is 12.3. The van der Waals surface area contributed by atoms with Crippen molar-refractivity contribution in [2.75, 3.05) is 6.54 Å². The smallest absolute Gasteiger partial charge is 0.254 e. The molecule has 1 aliphatic carbocycles. The van der Waals surface area contributed by atoms with Crippen molar-refractivity contribution in [1.82, 2.24) is 9.88 Å². The maximum atomic E-state index is 13.9. The fraction of sp³-hybridized carbons (Fsp3) is 0.333. The minimum atomic E-state index is -0.239. The molecule has 0 radical (unpaired) electrons. The molecule has 1 saturated carbocycles. The Labute approximate surface area is 196 Å². The molecule has 0 spiro atoms. The predicted octanol–water partition coefficient (Wildman–Crippen LogP) is 6.55. The second kappa shape index (κ2) is 8.43. The highest BCUT2D eigenvalue weighted by Gasteiger charge is 2.41. The second-order valence-corrected chi connectivity index (χ2v) is 9.61. The summed E-state index contributed by atoms with van der Waals surface area (Å²) in [5.74, 6) is 0.320. The number of benzene rings is 2. The van der Waals surface area contributed by atoms with Crippen LogP contribution in [0.4, 0.5) is 4.39 Å².